The molecule has 0 aromatic rings. The van der Waals surface area contributed by atoms with Crippen molar-refractivity contribution >= 4 is 10.0 Å². The van der Waals surface area contributed by atoms with Gasteiger partial charge in [0.05, 0.1) is 4.75 Å². The van der Waals surface area contributed by atoms with E-state index in [1.54, 1.807) is 27.8 Å². The van der Waals surface area contributed by atoms with Gasteiger partial charge in [-0.15, -0.1) is 0 Å². The van der Waals surface area contributed by atoms with Crippen LogP contribution in [0.4, 0.5) is 0 Å². The zero-order valence-corrected chi connectivity index (χ0v) is 11.2. The Kier molecular flexibility index (Phi) is 3.79. The molecule has 0 aliphatic rings. The molecule has 0 radical (unpaired) electrons. The molecule has 86 valence electrons. The molecule has 0 aliphatic heterocycles. The first-order valence-electron chi connectivity index (χ1n) is 4.84. The van der Waals surface area contributed by atoms with E-state index in [1.165, 1.54) is 4.31 Å². The Morgan fingerprint density at radius 2 is 1.36 bits per heavy atom. The first-order valence-corrected chi connectivity index (χ1v) is 6.28. The van der Waals surface area contributed by atoms with Crippen LogP contribution < -0.4 is 0 Å². The second kappa shape index (κ2) is 3.81. The number of nitrogens with zero attached hydrogens (tertiary/aromatic N) is 1. The molecule has 0 bridgehead atoms. The Balaban J connectivity index is 4.80. The van der Waals surface area contributed by atoms with Crippen LogP contribution >= 0.6 is 0 Å². The molecular weight excluding hydrogens is 198 g/mol. The van der Waals surface area contributed by atoms with E-state index >= 15 is 0 Å². The molecule has 0 spiro atoms. The lowest BCUT2D eigenvalue weighted by atomic mass is 9.97. The molecular formula is C10H23NO2S. The van der Waals surface area contributed by atoms with E-state index in [0.29, 0.717) is 6.54 Å². The number of sulfonamides is 1. The highest BCUT2D eigenvalue weighted by Gasteiger charge is 2.34. The van der Waals surface area contributed by atoms with Crippen LogP contribution in [-0.2, 0) is 10.0 Å². The fourth-order valence-corrected chi connectivity index (χ4v) is 2.71. The van der Waals surface area contributed by atoms with Crippen molar-refractivity contribution in [3.63, 3.8) is 0 Å². The van der Waals surface area contributed by atoms with Crippen molar-refractivity contribution in [1.29, 1.82) is 0 Å². The number of hydrogen-bond donors (Lipinski definition) is 0. The van der Waals surface area contributed by atoms with Crippen LogP contribution in [-0.4, -0.2) is 31.1 Å². The standard InChI is InChI=1S/C10H23NO2S/c1-9(2,3)8-11(7)14(12,13)10(4,5)6/h8H2,1-7H3. The van der Waals surface area contributed by atoms with Crippen LogP contribution in [0.2, 0.25) is 0 Å². The predicted octanol–water partition coefficient (Wildman–Crippen LogP) is 2.09. The van der Waals surface area contributed by atoms with E-state index in [9.17, 15) is 8.42 Å². The van der Waals surface area contributed by atoms with E-state index < -0.39 is 14.8 Å². The van der Waals surface area contributed by atoms with Gasteiger partial charge < -0.3 is 0 Å². The molecule has 0 fully saturated rings. The first kappa shape index (κ1) is 13.9. The Morgan fingerprint density at radius 3 is 1.57 bits per heavy atom. The monoisotopic (exact) mass is 221 g/mol. The van der Waals surface area contributed by atoms with Crippen molar-refractivity contribution in [3.05, 3.63) is 0 Å². The maximum Gasteiger partial charge on any atom is 0.218 e. The summed E-state index contributed by atoms with van der Waals surface area (Å²) in [5, 5.41) is 0. The molecule has 0 rings (SSSR count). The van der Waals surface area contributed by atoms with Crippen molar-refractivity contribution in [1.82, 2.24) is 4.31 Å². The van der Waals surface area contributed by atoms with E-state index in [0.717, 1.165) is 0 Å². The molecule has 0 N–H and O–H groups in total. The van der Waals surface area contributed by atoms with Crippen LogP contribution in [0.5, 0.6) is 0 Å². The van der Waals surface area contributed by atoms with Crippen LogP contribution in [0.3, 0.4) is 0 Å². The van der Waals surface area contributed by atoms with Gasteiger partial charge >= 0.3 is 0 Å². The summed E-state index contributed by atoms with van der Waals surface area (Å²) >= 11 is 0. The van der Waals surface area contributed by atoms with E-state index in [-0.39, 0.29) is 5.41 Å². The summed E-state index contributed by atoms with van der Waals surface area (Å²) in [4.78, 5) is 0. The van der Waals surface area contributed by atoms with Gasteiger partial charge in [-0.3, -0.25) is 0 Å². The third kappa shape index (κ3) is 3.58. The molecule has 0 saturated heterocycles. The highest BCUT2D eigenvalue weighted by atomic mass is 32.2. The molecule has 0 heterocycles. The average molecular weight is 221 g/mol. The number of hydrogen-bond acceptors (Lipinski definition) is 2. The predicted molar refractivity (Wildman–Crippen MR) is 60.8 cm³/mol. The molecule has 3 nitrogen and oxygen atoms in total. The van der Waals surface area contributed by atoms with E-state index in [1.807, 2.05) is 20.8 Å². The minimum atomic E-state index is -3.18. The summed E-state index contributed by atoms with van der Waals surface area (Å²) in [6.07, 6.45) is 0. The van der Waals surface area contributed by atoms with Crippen molar-refractivity contribution in [3.8, 4) is 0 Å². The summed E-state index contributed by atoms with van der Waals surface area (Å²) in [6.45, 7) is 11.8. The molecule has 0 aliphatic carbocycles. The minimum Gasteiger partial charge on any atom is -0.212 e. The van der Waals surface area contributed by atoms with Crippen LogP contribution in [0.15, 0.2) is 0 Å². The van der Waals surface area contributed by atoms with Gasteiger partial charge in [0.25, 0.3) is 0 Å². The zero-order chi connectivity index (χ0) is 11.8. The van der Waals surface area contributed by atoms with Gasteiger partial charge in [-0.1, -0.05) is 20.8 Å². The van der Waals surface area contributed by atoms with Crippen LogP contribution in [0.1, 0.15) is 41.5 Å². The molecule has 0 aromatic heterocycles. The molecule has 0 aromatic carbocycles. The summed E-state index contributed by atoms with van der Waals surface area (Å²) in [5.41, 5.74) is -0.00687. The van der Waals surface area contributed by atoms with Crippen molar-refractivity contribution in [2.45, 2.75) is 46.3 Å². The lowest BCUT2D eigenvalue weighted by molar-refractivity contribution is 0.305. The highest BCUT2D eigenvalue weighted by molar-refractivity contribution is 7.90. The molecule has 14 heavy (non-hydrogen) atoms. The van der Waals surface area contributed by atoms with Gasteiger partial charge in [0.1, 0.15) is 0 Å². The largest absolute Gasteiger partial charge is 0.218 e. The van der Waals surface area contributed by atoms with Crippen LogP contribution in [0.25, 0.3) is 0 Å². The van der Waals surface area contributed by atoms with E-state index in [4.69, 9.17) is 0 Å². The Morgan fingerprint density at radius 1 is 1.00 bits per heavy atom. The second-order valence-corrected chi connectivity index (χ2v) is 8.73. The molecule has 0 atom stereocenters. The van der Waals surface area contributed by atoms with Crippen LogP contribution in [0, 0.1) is 5.41 Å². The average Bonchev–Trinajstić information content (AvgIpc) is 1.80. The summed E-state index contributed by atoms with van der Waals surface area (Å²) in [5.74, 6) is 0. The third-order valence-electron chi connectivity index (χ3n) is 1.88. The summed E-state index contributed by atoms with van der Waals surface area (Å²) in [6, 6.07) is 0. The summed E-state index contributed by atoms with van der Waals surface area (Å²) in [7, 11) is -1.53. The quantitative estimate of drug-likeness (QED) is 0.716. The zero-order valence-electron chi connectivity index (χ0n) is 10.4. The van der Waals surface area contributed by atoms with Gasteiger partial charge in [-0.25, -0.2) is 12.7 Å². The Hall–Kier alpha value is -0.0900. The van der Waals surface area contributed by atoms with Gasteiger partial charge in [0.15, 0.2) is 0 Å². The topological polar surface area (TPSA) is 37.4 Å². The van der Waals surface area contributed by atoms with Gasteiger partial charge in [-0.2, -0.15) is 0 Å². The van der Waals surface area contributed by atoms with Crippen molar-refractivity contribution in [2.75, 3.05) is 13.6 Å². The Bertz CT molecular complexity index is 280. The normalized spacial score (nSPS) is 14.9. The van der Waals surface area contributed by atoms with Crippen molar-refractivity contribution < 1.29 is 8.42 Å². The van der Waals surface area contributed by atoms with Gasteiger partial charge in [0, 0.05) is 13.6 Å². The SMILES string of the molecule is CN(CC(C)(C)C)S(=O)(=O)C(C)(C)C. The highest BCUT2D eigenvalue weighted by Crippen LogP contribution is 2.23. The van der Waals surface area contributed by atoms with E-state index in [2.05, 4.69) is 0 Å². The van der Waals surface area contributed by atoms with Crippen molar-refractivity contribution in [2.24, 2.45) is 5.41 Å². The lowest BCUT2D eigenvalue weighted by Gasteiger charge is -2.31. The molecule has 0 amide bonds. The maximum absolute atomic E-state index is 12.0. The minimum absolute atomic E-state index is 0.00687. The fourth-order valence-electron chi connectivity index (χ4n) is 1.22. The Labute approximate surface area is 88.5 Å². The second-order valence-electron chi connectivity index (χ2n) is 5.93. The van der Waals surface area contributed by atoms with Gasteiger partial charge in [-0.05, 0) is 26.2 Å². The number of rotatable bonds is 2. The molecule has 4 heteroatoms. The third-order valence-corrected chi connectivity index (χ3v) is 4.38. The maximum atomic E-state index is 12.0. The molecule has 0 unspecified atom stereocenters. The van der Waals surface area contributed by atoms with Gasteiger partial charge in [0.2, 0.25) is 10.0 Å². The lowest BCUT2D eigenvalue weighted by Crippen LogP contribution is -2.43. The smallest absolute Gasteiger partial charge is 0.212 e. The first-order chi connectivity index (χ1) is 5.88. The summed E-state index contributed by atoms with van der Waals surface area (Å²) < 4.78 is 24.6. The molecule has 0 saturated carbocycles. The fraction of sp³-hybridized carbons (Fsp3) is 1.00.